The standard InChI is InChI=1S/C30H40ClN5O3.CH3F.CH4O/c1-3-11-30(12-8-13-34(30)2)19-39-29-32-23-18-36(24-17-21(37)16-22(31)25(24)20-9-10-20)28(38)26(23)27(33-29)35-14-6-4-5-7-15-35;2*1-2/h16-17,20,37H,3-15,18-19H2,1-2H3;1H3;2H,1H3. The van der Waals surface area contributed by atoms with E-state index >= 15 is 0 Å². The zero-order chi connectivity index (χ0) is 31.1. The van der Waals surface area contributed by atoms with E-state index in [2.05, 4.69) is 23.8 Å². The van der Waals surface area contributed by atoms with Crippen LogP contribution < -0.4 is 14.5 Å². The minimum absolute atomic E-state index is 0.000767. The van der Waals surface area contributed by atoms with Crippen molar-refractivity contribution in [3.8, 4) is 11.8 Å². The molecule has 1 aromatic carbocycles. The third-order valence-corrected chi connectivity index (χ3v) is 9.43. The second-order valence-electron chi connectivity index (χ2n) is 11.9. The Morgan fingerprint density at radius 2 is 1.77 bits per heavy atom. The van der Waals surface area contributed by atoms with Crippen LogP contribution in [0.25, 0.3) is 0 Å². The Morgan fingerprint density at radius 3 is 2.37 bits per heavy atom. The van der Waals surface area contributed by atoms with E-state index in [9.17, 15) is 14.3 Å². The molecule has 1 unspecified atom stereocenters. The minimum atomic E-state index is -0.127. The summed E-state index contributed by atoms with van der Waals surface area (Å²) in [7, 11) is 3.69. The van der Waals surface area contributed by atoms with E-state index in [0.717, 1.165) is 77.3 Å². The molecule has 4 heterocycles. The van der Waals surface area contributed by atoms with Crippen LogP contribution in [-0.2, 0) is 6.54 Å². The van der Waals surface area contributed by atoms with Gasteiger partial charge in [0.2, 0.25) is 0 Å². The molecule has 2 aromatic rings. The first kappa shape index (κ1) is 33.2. The maximum absolute atomic E-state index is 14.1. The van der Waals surface area contributed by atoms with Gasteiger partial charge in [0.25, 0.3) is 5.91 Å². The SMILES string of the molecule is CCCC1(COc2nc3c(c(N4CCCCCC4)n2)C(=O)N(c2cc(O)cc(Cl)c2C2CC2)C3)CCCN1C.CF.CO. The van der Waals surface area contributed by atoms with Gasteiger partial charge in [0, 0.05) is 31.3 Å². The fourth-order valence-electron chi connectivity index (χ4n) is 6.83. The van der Waals surface area contributed by atoms with Crippen LogP contribution in [0.15, 0.2) is 12.1 Å². The average Bonchev–Trinajstić information content (AvgIpc) is 3.77. The third kappa shape index (κ3) is 7.02. The number of hydrogen-bond donors (Lipinski definition) is 2. The van der Waals surface area contributed by atoms with E-state index in [1.54, 1.807) is 17.0 Å². The maximum atomic E-state index is 14.1. The van der Waals surface area contributed by atoms with Gasteiger partial charge in [0.05, 0.1) is 30.6 Å². The fourth-order valence-corrected chi connectivity index (χ4v) is 7.19. The van der Waals surface area contributed by atoms with Crippen LogP contribution in [0.3, 0.4) is 0 Å². The number of likely N-dealkylation sites (tertiary alicyclic amines) is 1. The number of carbonyl (C=O) groups excluding carboxylic acids is 1. The van der Waals surface area contributed by atoms with Crippen molar-refractivity contribution in [3.63, 3.8) is 0 Å². The molecule has 0 spiro atoms. The molecule has 0 bridgehead atoms. The number of phenolic OH excluding ortho intramolecular Hbond substituents is 1. The number of aromatic hydroxyl groups is 1. The lowest BCUT2D eigenvalue weighted by Crippen LogP contribution is -2.46. The van der Waals surface area contributed by atoms with Gasteiger partial charge < -0.3 is 24.7 Å². The minimum Gasteiger partial charge on any atom is -0.508 e. The Hall–Kier alpha value is -2.69. The predicted octanol–water partition coefficient (Wildman–Crippen LogP) is 6.09. The monoisotopic (exact) mass is 619 g/mol. The molecule has 2 saturated heterocycles. The number of likely N-dealkylation sites (N-methyl/N-ethyl adjacent to an activating group) is 1. The van der Waals surface area contributed by atoms with Crippen molar-refractivity contribution in [1.29, 1.82) is 0 Å². The summed E-state index contributed by atoms with van der Waals surface area (Å²) in [5, 5.41) is 17.9. The fraction of sp³-hybridized carbons (Fsp3) is 0.656. The highest BCUT2D eigenvalue weighted by Gasteiger charge is 2.41. The van der Waals surface area contributed by atoms with Crippen molar-refractivity contribution in [2.45, 2.75) is 89.1 Å². The normalized spacial score (nSPS) is 21.9. The number of aliphatic hydroxyl groups is 1. The predicted molar refractivity (Wildman–Crippen MR) is 168 cm³/mol. The van der Waals surface area contributed by atoms with Crippen LogP contribution in [0.1, 0.15) is 98.7 Å². The molecular weight excluding hydrogens is 573 g/mol. The zero-order valence-corrected chi connectivity index (χ0v) is 26.8. The highest BCUT2D eigenvalue weighted by atomic mass is 35.5. The molecule has 1 aliphatic carbocycles. The molecule has 2 N–H and O–H groups in total. The first-order chi connectivity index (χ1) is 20.9. The first-order valence-corrected chi connectivity index (χ1v) is 15.9. The van der Waals surface area contributed by atoms with E-state index in [4.69, 9.17) is 31.4 Å². The van der Waals surface area contributed by atoms with E-state index < -0.39 is 0 Å². The number of aliphatic hydroxyl groups excluding tert-OH is 1. The van der Waals surface area contributed by atoms with Crippen molar-refractivity contribution < 1.29 is 24.1 Å². The summed E-state index contributed by atoms with van der Waals surface area (Å²) in [5.41, 5.74) is 2.88. The smallest absolute Gasteiger partial charge is 0.318 e. The first-order valence-electron chi connectivity index (χ1n) is 15.6. The largest absolute Gasteiger partial charge is 0.508 e. The second-order valence-corrected chi connectivity index (χ2v) is 12.3. The van der Waals surface area contributed by atoms with Gasteiger partial charge in [-0.25, -0.2) is 0 Å². The molecule has 43 heavy (non-hydrogen) atoms. The van der Waals surface area contributed by atoms with Gasteiger partial charge in [0.15, 0.2) is 0 Å². The number of ether oxygens (including phenoxy) is 1. The summed E-state index contributed by atoms with van der Waals surface area (Å²) < 4.78 is 15.9. The Kier molecular flexibility index (Phi) is 11.5. The highest BCUT2D eigenvalue weighted by Crippen LogP contribution is 2.50. The Morgan fingerprint density at radius 1 is 1.07 bits per heavy atom. The lowest BCUT2D eigenvalue weighted by Gasteiger charge is -2.35. The Bertz CT molecular complexity index is 1250. The molecule has 3 aliphatic heterocycles. The molecule has 4 aliphatic rings. The molecule has 6 rings (SSSR count). The number of aromatic nitrogens is 2. The Labute approximate surface area is 260 Å². The summed E-state index contributed by atoms with van der Waals surface area (Å²) in [6, 6.07) is 3.60. The molecule has 1 saturated carbocycles. The Balaban J connectivity index is 0.00000102. The zero-order valence-electron chi connectivity index (χ0n) is 26.0. The topological polar surface area (TPSA) is 102 Å². The van der Waals surface area contributed by atoms with Crippen molar-refractivity contribution >= 4 is 29.0 Å². The van der Waals surface area contributed by atoms with Crippen molar-refractivity contribution in [2.75, 3.05) is 57.4 Å². The number of hydrogen-bond acceptors (Lipinski definition) is 8. The molecule has 0 radical (unpaired) electrons. The summed E-state index contributed by atoms with van der Waals surface area (Å²) in [6.07, 6.45) is 11.0. The molecule has 1 aromatic heterocycles. The molecule has 9 nitrogen and oxygen atoms in total. The number of alkyl halides is 1. The van der Waals surface area contributed by atoms with Crippen LogP contribution in [0.2, 0.25) is 5.02 Å². The lowest BCUT2D eigenvalue weighted by atomic mass is 9.92. The molecule has 3 fully saturated rings. The van der Waals surface area contributed by atoms with Gasteiger partial charge in [-0.15, -0.1) is 0 Å². The quantitative estimate of drug-likeness (QED) is 0.366. The maximum Gasteiger partial charge on any atom is 0.318 e. The van der Waals surface area contributed by atoms with Crippen LogP contribution in [0, 0.1) is 0 Å². The number of halogens is 2. The van der Waals surface area contributed by atoms with Gasteiger partial charge in [-0.05, 0) is 76.1 Å². The van der Waals surface area contributed by atoms with E-state index in [-0.39, 0.29) is 17.2 Å². The number of rotatable bonds is 8. The number of anilines is 2. The van der Waals surface area contributed by atoms with Crippen molar-refractivity contribution in [3.05, 3.63) is 34.0 Å². The van der Waals surface area contributed by atoms with E-state index in [1.165, 1.54) is 19.3 Å². The summed E-state index contributed by atoms with van der Waals surface area (Å²) >= 11 is 6.60. The molecular formula is C32H47ClFN5O4. The number of carbonyl (C=O) groups is 1. The van der Waals surface area contributed by atoms with E-state index in [0.29, 0.717) is 60.0 Å². The highest BCUT2D eigenvalue weighted by molar-refractivity contribution is 6.32. The van der Waals surface area contributed by atoms with E-state index in [1.807, 2.05) is 0 Å². The average molecular weight is 620 g/mol. The third-order valence-electron chi connectivity index (χ3n) is 9.12. The molecule has 1 amide bonds. The van der Waals surface area contributed by atoms with Crippen LogP contribution in [0.5, 0.6) is 11.8 Å². The summed E-state index contributed by atoms with van der Waals surface area (Å²) in [6.45, 7) is 5.89. The number of fused-ring (bicyclic) bond motifs is 1. The molecule has 1 atom stereocenters. The van der Waals surface area contributed by atoms with Gasteiger partial charge >= 0.3 is 6.01 Å². The number of nitrogens with zero attached hydrogens (tertiary/aromatic N) is 5. The molecule has 238 valence electrons. The van der Waals surface area contributed by atoms with Gasteiger partial charge in [0.1, 0.15) is 23.7 Å². The van der Waals surface area contributed by atoms with Gasteiger partial charge in [-0.3, -0.25) is 14.1 Å². The van der Waals surface area contributed by atoms with Crippen molar-refractivity contribution in [2.24, 2.45) is 0 Å². The number of benzene rings is 1. The van der Waals surface area contributed by atoms with Gasteiger partial charge in [-0.1, -0.05) is 37.8 Å². The van der Waals surface area contributed by atoms with Crippen molar-refractivity contribution in [1.82, 2.24) is 14.9 Å². The molecule has 11 heteroatoms. The second kappa shape index (κ2) is 14.9. The lowest BCUT2D eigenvalue weighted by molar-refractivity contribution is 0.0824. The van der Waals surface area contributed by atoms with Crippen LogP contribution in [-0.4, -0.2) is 84.1 Å². The summed E-state index contributed by atoms with van der Waals surface area (Å²) in [4.78, 5) is 30.2. The van der Waals surface area contributed by atoms with Crippen LogP contribution >= 0.6 is 11.6 Å². The van der Waals surface area contributed by atoms with Crippen LogP contribution in [0.4, 0.5) is 15.9 Å². The summed E-state index contributed by atoms with van der Waals surface area (Å²) in [5.74, 6) is 0.941. The van der Waals surface area contributed by atoms with Gasteiger partial charge in [-0.2, -0.15) is 9.97 Å². The number of amides is 1. The number of phenols is 1.